The molecule has 2 atom stereocenters. The summed E-state index contributed by atoms with van der Waals surface area (Å²) in [6, 6.07) is 9.58. The van der Waals surface area contributed by atoms with Gasteiger partial charge in [0.15, 0.2) is 0 Å². The highest BCUT2D eigenvalue weighted by atomic mass is 16.6. The van der Waals surface area contributed by atoms with Gasteiger partial charge >= 0.3 is 12.1 Å². The lowest BCUT2D eigenvalue weighted by atomic mass is 9.95. The van der Waals surface area contributed by atoms with Gasteiger partial charge in [-0.1, -0.05) is 30.3 Å². The monoisotopic (exact) mass is 361 g/mol. The molecule has 0 radical (unpaired) electrons. The second-order valence-corrected chi connectivity index (χ2v) is 6.95. The number of carbonyl (C=O) groups excluding carboxylic acids is 1. The Morgan fingerprint density at radius 2 is 1.69 bits per heavy atom. The number of carboxylic acids is 1. The van der Waals surface area contributed by atoms with Gasteiger partial charge in [-0.15, -0.1) is 0 Å². The highest BCUT2D eigenvalue weighted by Crippen LogP contribution is 2.28. The van der Waals surface area contributed by atoms with Gasteiger partial charge in [0.1, 0.15) is 17.8 Å². The van der Waals surface area contributed by atoms with Crippen LogP contribution in [-0.4, -0.2) is 45.6 Å². The van der Waals surface area contributed by atoms with Crippen LogP contribution in [0.15, 0.2) is 36.4 Å². The number of hydrogen-bond donors (Lipinski definition) is 4. The average Bonchev–Trinajstić information content (AvgIpc) is 2.56. The number of rotatable bonds is 5. The topological polar surface area (TPSA) is 116 Å². The number of amides is 1. The Hall–Kier alpha value is -2.64. The Kier molecular flexibility index (Phi) is 5.84. The minimum absolute atomic E-state index is 0.109. The van der Waals surface area contributed by atoms with Crippen molar-refractivity contribution in [2.45, 2.75) is 38.6 Å². The van der Waals surface area contributed by atoms with Crippen LogP contribution in [-0.2, 0) is 4.74 Å². The largest absolute Gasteiger partial charge is 0.478 e. The second kappa shape index (κ2) is 7.72. The molecule has 2 rings (SSSR count). The summed E-state index contributed by atoms with van der Waals surface area (Å²) in [6.07, 6.45) is -3.30. The van der Waals surface area contributed by atoms with Crippen LogP contribution in [0.5, 0.6) is 0 Å². The number of carbonyl (C=O) groups is 2. The van der Waals surface area contributed by atoms with E-state index in [1.165, 1.54) is 6.07 Å². The van der Waals surface area contributed by atoms with Gasteiger partial charge in [-0.25, -0.2) is 9.59 Å². The van der Waals surface area contributed by atoms with E-state index in [4.69, 9.17) is 4.74 Å². The Labute approximate surface area is 151 Å². The fourth-order valence-corrected chi connectivity index (χ4v) is 2.60. The number of ether oxygens (including phenoxy) is 1. The first-order chi connectivity index (χ1) is 12.1. The molecule has 0 fully saturated rings. The lowest BCUT2D eigenvalue weighted by Gasteiger charge is -2.23. The molecule has 0 saturated heterocycles. The van der Waals surface area contributed by atoms with Gasteiger partial charge in [0.25, 0.3) is 0 Å². The zero-order chi connectivity index (χ0) is 19.5. The standard InChI is InChI=1S/C19H23NO6/c1-19(2,3)26-18(25)20-10-15(21)16(22)13-8-4-7-12-11(13)6-5-9-14(12)17(23)24/h4-9,15-16,21-22H,10H2,1-3H3,(H,20,25)(H,23,24). The number of benzene rings is 2. The van der Waals surface area contributed by atoms with E-state index in [0.717, 1.165) is 0 Å². The quantitative estimate of drug-likeness (QED) is 0.650. The maximum Gasteiger partial charge on any atom is 0.407 e. The zero-order valence-corrected chi connectivity index (χ0v) is 14.9. The van der Waals surface area contributed by atoms with Crippen molar-refractivity contribution < 1.29 is 29.6 Å². The third kappa shape index (κ3) is 4.71. The van der Waals surface area contributed by atoms with E-state index in [9.17, 15) is 24.9 Å². The number of alkyl carbamates (subject to hydrolysis) is 1. The first kappa shape index (κ1) is 19.7. The first-order valence-electron chi connectivity index (χ1n) is 8.18. The summed E-state index contributed by atoms with van der Waals surface area (Å²) in [5.74, 6) is -1.07. The fraction of sp³-hybridized carbons (Fsp3) is 0.368. The minimum Gasteiger partial charge on any atom is -0.478 e. The van der Waals surface area contributed by atoms with Crippen molar-refractivity contribution in [3.63, 3.8) is 0 Å². The molecular weight excluding hydrogens is 338 g/mol. The maximum atomic E-state index is 11.7. The van der Waals surface area contributed by atoms with Crippen molar-refractivity contribution in [1.29, 1.82) is 0 Å². The summed E-state index contributed by atoms with van der Waals surface area (Å²) in [4.78, 5) is 23.0. The molecular formula is C19H23NO6. The Balaban J connectivity index is 2.19. The third-order valence-electron chi connectivity index (χ3n) is 3.72. The van der Waals surface area contributed by atoms with Crippen LogP contribution < -0.4 is 5.32 Å². The maximum absolute atomic E-state index is 11.7. The molecule has 0 spiro atoms. The molecule has 1 amide bonds. The number of aliphatic hydroxyl groups is 2. The predicted molar refractivity (Wildman–Crippen MR) is 96.1 cm³/mol. The van der Waals surface area contributed by atoms with Crippen LogP contribution >= 0.6 is 0 Å². The molecule has 2 aromatic carbocycles. The van der Waals surface area contributed by atoms with Crippen molar-refractivity contribution in [3.8, 4) is 0 Å². The van der Waals surface area contributed by atoms with Gasteiger partial charge in [0.2, 0.25) is 0 Å². The van der Waals surface area contributed by atoms with Gasteiger partial charge < -0.3 is 25.4 Å². The van der Waals surface area contributed by atoms with E-state index < -0.39 is 29.9 Å². The molecule has 0 aromatic heterocycles. The minimum atomic E-state index is -1.31. The van der Waals surface area contributed by atoms with Gasteiger partial charge in [-0.2, -0.15) is 0 Å². The lowest BCUT2D eigenvalue weighted by Crippen LogP contribution is -2.38. The van der Waals surface area contributed by atoms with Crippen LogP contribution in [0.25, 0.3) is 10.8 Å². The van der Waals surface area contributed by atoms with Crippen molar-refractivity contribution in [3.05, 3.63) is 47.5 Å². The van der Waals surface area contributed by atoms with Crippen LogP contribution in [0.2, 0.25) is 0 Å². The second-order valence-electron chi connectivity index (χ2n) is 6.95. The Morgan fingerprint density at radius 3 is 2.31 bits per heavy atom. The Bertz CT molecular complexity index is 811. The number of carboxylic acid groups (broad SMARTS) is 1. The van der Waals surface area contributed by atoms with Crippen LogP contribution in [0.1, 0.15) is 42.8 Å². The third-order valence-corrected chi connectivity index (χ3v) is 3.72. The predicted octanol–water partition coefficient (Wildman–Crippen LogP) is 2.46. The molecule has 0 aliphatic rings. The van der Waals surface area contributed by atoms with Crippen molar-refractivity contribution in [2.24, 2.45) is 0 Å². The van der Waals surface area contributed by atoms with E-state index in [2.05, 4.69) is 5.32 Å². The van der Waals surface area contributed by atoms with E-state index >= 15 is 0 Å². The summed E-state index contributed by atoms with van der Waals surface area (Å²) in [7, 11) is 0. The Morgan fingerprint density at radius 1 is 1.08 bits per heavy atom. The molecule has 0 saturated carbocycles. The van der Waals surface area contributed by atoms with Crippen molar-refractivity contribution in [1.82, 2.24) is 5.32 Å². The average molecular weight is 361 g/mol. The van der Waals surface area contributed by atoms with Crippen LogP contribution in [0, 0.1) is 0 Å². The number of hydrogen-bond acceptors (Lipinski definition) is 5. The molecule has 0 bridgehead atoms. The highest BCUT2D eigenvalue weighted by molar-refractivity contribution is 6.04. The molecule has 0 aliphatic carbocycles. The summed E-state index contributed by atoms with van der Waals surface area (Å²) >= 11 is 0. The molecule has 0 heterocycles. The summed E-state index contributed by atoms with van der Waals surface area (Å²) in [5.41, 5.74) is -0.182. The molecule has 2 aromatic rings. The van der Waals surface area contributed by atoms with Crippen LogP contribution in [0.4, 0.5) is 4.79 Å². The van der Waals surface area contributed by atoms with E-state index in [-0.39, 0.29) is 12.1 Å². The smallest absolute Gasteiger partial charge is 0.407 e. The zero-order valence-electron chi connectivity index (χ0n) is 14.9. The summed E-state index contributed by atoms with van der Waals surface area (Å²) in [6.45, 7) is 4.93. The molecule has 26 heavy (non-hydrogen) atoms. The van der Waals surface area contributed by atoms with Crippen molar-refractivity contribution >= 4 is 22.8 Å². The van der Waals surface area contributed by atoms with E-state index in [0.29, 0.717) is 16.3 Å². The number of aliphatic hydroxyl groups excluding tert-OH is 2. The summed E-state index contributed by atoms with van der Waals surface area (Å²) < 4.78 is 5.08. The van der Waals surface area contributed by atoms with Gasteiger partial charge in [-0.3, -0.25) is 0 Å². The number of fused-ring (bicyclic) bond motifs is 1. The lowest BCUT2D eigenvalue weighted by molar-refractivity contribution is 0.0136. The van der Waals surface area contributed by atoms with Crippen LogP contribution in [0.3, 0.4) is 0 Å². The number of nitrogens with one attached hydrogen (secondary N) is 1. The fourth-order valence-electron chi connectivity index (χ4n) is 2.60. The molecule has 140 valence electrons. The molecule has 7 nitrogen and oxygen atoms in total. The van der Waals surface area contributed by atoms with E-state index in [1.54, 1.807) is 51.1 Å². The van der Waals surface area contributed by atoms with Gasteiger partial charge in [0, 0.05) is 6.54 Å². The SMILES string of the molecule is CC(C)(C)OC(=O)NCC(O)C(O)c1cccc2c(C(=O)O)cccc12. The number of aromatic carboxylic acids is 1. The van der Waals surface area contributed by atoms with Gasteiger partial charge in [-0.05, 0) is 43.2 Å². The highest BCUT2D eigenvalue weighted by Gasteiger charge is 2.23. The molecule has 0 aliphatic heterocycles. The molecule has 2 unspecified atom stereocenters. The normalized spacial score (nSPS) is 13.9. The van der Waals surface area contributed by atoms with Gasteiger partial charge in [0.05, 0.1) is 5.56 Å². The summed E-state index contributed by atoms with van der Waals surface area (Å²) in [5, 5.41) is 33.4. The van der Waals surface area contributed by atoms with E-state index in [1.807, 2.05) is 0 Å². The van der Waals surface area contributed by atoms with Crippen molar-refractivity contribution in [2.75, 3.05) is 6.54 Å². The molecule has 7 heteroatoms. The molecule has 4 N–H and O–H groups in total. The first-order valence-corrected chi connectivity index (χ1v) is 8.18.